The van der Waals surface area contributed by atoms with Crippen molar-refractivity contribution >= 4 is 24.3 Å². The highest BCUT2D eigenvalue weighted by atomic mass is 35.5. The summed E-state index contributed by atoms with van der Waals surface area (Å²) in [6, 6.07) is 0.398. The van der Waals surface area contributed by atoms with Crippen LogP contribution >= 0.6 is 12.4 Å². The maximum Gasteiger partial charge on any atom is 0.308 e. The van der Waals surface area contributed by atoms with Crippen molar-refractivity contribution in [1.29, 1.82) is 0 Å². The predicted octanol–water partition coefficient (Wildman–Crippen LogP) is 1.77. The highest BCUT2D eigenvalue weighted by Gasteiger charge is 2.31. The van der Waals surface area contributed by atoms with Gasteiger partial charge in [-0.3, -0.25) is 9.59 Å². The third-order valence-corrected chi connectivity index (χ3v) is 4.54. The van der Waals surface area contributed by atoms with Crippen molar-refractivity contribution in [3.63, 3.8) is 0 Å². The van der Waals surface area contributed by atoms with Gasteiger partial charge < -0.3 is 15.8 Å². The summed E-state index contributed by atoms with van der Waals surface area (Å²) < 4.78 is 5.05. The second kappa shape index (κ2) is 8.59. The van der Waals surface area contributed by atoms with Crippen LogP contribution in [-0.2, 0) is 14.3 Å². The lowest BCUT2D eigenvalue weighted by atomic mass is 9.86. The largest absolute Gasteiger partial charge is 0.466 e. The summed E-state index contributed by atoms with van der Waals surface area (Å²) in [6.07, 6.45) is 6.03. The molecule has 0 saturated heterocycles. The van der Waals surface area contributed by atoms with Gasteiger partial charge in [0.15, 0.2) is 0 Å². The van der Waals surface area contributed by atoms with E-state index in [1.165, 1.54) is 0 Å². The van der Waals surface area contributed by atoms with Gasteiger partial charge in [-0.15, -0.1) is 12.4 Å². The number of hydrogen-bond acceptors (Lipinski definition) is 4. The second-order valence-electron chi connectivity index (χ2n) is 6.08. The summed E-state index contributed by atoms with van der Waals surface area (Å²) in [5.41, 5.74) is 5.84. The predicted molar refractivity (Wildman–Crippen MR) is 83.1 cm³/mol. The van der Waals surface area contributed by atoms with Gasteiger partial charge in [0.25, 0.3) is 0 Å². The third kappa shape index (κ3) is 5.15. The van der Waals surface area contributed by atoms with E-state index in [1.807, 2.05) is 6.92 Å². The average Bonchev–Trinajstić information content (AvgIpc) is 2.86. The zero-order valence-corrected chi connectivity index (χ0v) is 13.5. The first kappa shape index (κ1) is 18.2. The van der Waals surface area contributed by atoms with Crippen molar-refractivity contribution in [2.45, 2.75) is 64.0 Å². The lowest BCUT2D eigenvalue weighted by molar-refractivity contribution is -0.149. The number of carbonyl (C=O) groups is 2. The fourth-order valence-corrected chi connectivity index (χ4v) is 3.31. The van der Waals surface area contributed by atoms with Crippen molar-refractivity contribution in [2.24, 2.45) is 17.6 Å². The summed E-state index contributed by atoms with van der Waals surface area (Å²) in [4.78, 5) is 23.8. The molecule has 2 unspecified atom stereocenters. The van der Waals surface area contributed by atoms with Crippen LogP contribution < -0.4 is 11.1 Å². The summed E-state index contributed by atoms with van der Waals surface area (Å²) in [5.74, 6) is 0.173. The number of esters is 1. The molecule has 5 nitrogen and oxygen atoms in total. The third-order valence-electron chi connectivity index (χ3n) is 4.54. The van der Waals surface area contributed by atoms with Crippen LogP contribution in [-0.4, -0.2) is 30.6 Å². The van der Waals surface area contributed by atoms with Gasteiger partial charge in [-0.2, -0.15) is 0 Å². The highest BCUT2D eigenvalue weighted by molar-refractivity contribution is 5.85. The molecule has 0 aromatic heterocycles. The van der Waals surface area contributed by atoms with E-state index >= 15 is 0 Å². The number of carbonyl (C=O) groups excluding carboxylic acids is 2. The van der Waals surface area contributed by atoms with Gasteiger partial charge in [0.05, 0.1) is 12.5 Å². The normalized spacial score (nSPS) is 32.1. The summed E-state index contributed by atoms with van der Waals surface area (Å²) >= 11 is 0. The number of hydrogen-bond donors (Lipinski definition) is 2. The fraction of sp³-hybridized carbons (Fsp3) is 0.867. The number of halogens is 1. The molecule has 0 heterocycles. The van der Waals surface area contributed by atoms with E-state index in [0.717, 1.165) is 44.9 Å². The molecule has 0 aliphatic heterocycles. The Kier molecular flexibility index (Phi) is 7.46. The van der Waals surface area contributed by atoms with E-state index in [9.17, 15) is 9.59 Å². The van der Waals surface area contributed by atoms with E-state index in [2.05, 4.69) is 5.32 Å². The molecule has 2 rings (SSSR count). The van der Waals surface area contributed by atoms with Crippen LogP contribution in [0, 0.1) is 11.8 Å². The molecule has 122 valence electrons. The second-order valence-corrected chi connectivity index (χ2v) is 6.08. The smallest absolute Gasteiger partial charge is 0.308 e. The van der Waals surface area contributed by atoms with E-state index in [-0.39, 0.29) is 48.2 Å². The van der Waals surface area contributed by atoms with Gasteiger partial charge >= 0.3 is 5.97 Å². The van der Waals surface area contributed by atoms with E-state index in [0.29, 0.717) is 6.61 Å². The van der Waals surface area contributed by atoms with Crippen LogP contribution in [0.1, 0.15) is 51.9 Å². The molecule has 2 aliphatic rings. The lowest BCUT2D eigenvalue weighted by Gasteiger charge is -2.28. The Hall–Kier alpha value is -0.810. The molecule has 2 saturated carbocycles. The summed E-state index contributed by atoms with van der Waals surface area (Å²) in [5, 5.41) is 3.13. The van der Waals surface area contributed by atoms with E-state index < -0.39 is 0 Å². The maximum absolute atomic E-state index is 12.1. The van der Waals surface area contributed by atoms with Gasteiger partial charge in [-0.05, 0) is 51.9 Å². The molecular formula is C15H27ClN2O3. The molecule has 21 heavy (non-hydrogen) atoms. The van der Waals surface area contributed by atoms with Gasteiger partial charge in [0.1, 0.15) is 0 Å². The highest BCUT2D eigenvalue weighted by Crippen LogP contribution is 2.28. The molecule has 0 aromatic rings. The molecule has 2 aliphatic carbocycles. The Labute approximate surface area is 132 Å². The first-order valence-electron chi connectivity index (χ1n) is 7.82. The van der Waals surface area contributed by atoms with Crippen LogP contribution in [0.25, 0.3) is 0 Å². The van der Waals surface area contributed by atoms with Crippen LogP contribution in [0.15, 0.2) is 0 Å². The first-order chi connectivity index (χ1) is 9.60. The molecule has 2 fully saturated rings. The van der Waals surface area contributed by atoms with Crippen molar-refractivity contribution in [1.82, 2.24) is 5.32 Å². The maximum atomic E-state index is 12.1. The number of nitrogens with one attached hydrogen (secondary N) is 1. The minimum atomic E-state index is -0.0842. The van der Waals surface area contributed by atoms with Gasteiger partial charge in [0.2, 0.25) is 5.91 Å². The molecular weight excluding hydrogens is 292 g/mol. The minimum absolute atomic E-state index is 0. The topological polar surface area (TPSA) is 81.4 Å². The van der Waals surface area contributed by atoms with Crippen LogP contribution in [0.2, 0.25) is 0 Å². The van der Waals surface area contributed by atoms with Crippen molar-refractivity contribution in [2.75, 3.05) is 6.61 Å². The van der Waals surface area contributed by atoms with Crippen molar-refractivity contribution in [3.05, 3.63) is 0 Å². The standard InChI is InChI=1S/C15H26N2O3.ClH/c1-2-20-15(19)10-4-7-13(8-5-10)17-14(18)11-3-6-12(16)9-11;/h10-13H,2-9,16H2,1H3,(H,17,18);1H. The van der Waals surface area contributed by atoms with Gasteiger partial charge in [-0.25, -0.2) is 0 Å². The molecule has 0 radical (unpaired) electrons. The average molecular weight is 319 g/mol. The summed E-state index contributed by atoms with van der Waals surface area (Å²) in [7, 11) is 0. The van der Waals surface area contributed by atoms with Crippen molar-refractivity contribution < 1.29 is 14.3 Å². The van der Waals surface area contributed by atoms with E-state index in [4.69, 9.17) is 10.5 Å². The van der Waals surface area contributed by atoms with E-state index in [1.54, 1.807) is 0 Å². The Morgan fingerprint density at radius 1 is 1.10 bits per heavy atom. The molecule has 3 N–H and O–H groups in total. The summed E-state index contributed by atoms with van der Waals surface area (Å²) in [6.45, 7) is 2.27. The zero-order chi connectivity index (χ0) is 14.5. The van der Waals surface area contributed by atoms with Crippen LogP contribution in [0.3, 0.4) is 0 Å². The zero-order valence-electron chi connectivity index (χ0n) is 12.7. The molecule has 1 amide bonds. The van der Waals surface area contributed by atoms with Crippen LogP contribution in [0.5, 0.6) is 0 Å². The number of nitrogens with two attached hydrogens (primary N) is 1. The molecule has 0 bridgehead atoms. The number of ether oxygens (including phenoxy) is 1. The number of amides is 1. The Bertz CT molecular complexity index is 357. The molecule has 0 spiro atoms. The van der Waals surface area contributed by atoms with Gasteiger partial charge in [-0.1, -0.05) is 0 Å². The first-order valence-corrected chi connectivity index (χ1v) is 7.82. The monoisotopic (exact) mass is 318 g/mol. The fourth-order valence-electron chi connectivity index (χ4n) is 3.31. The quantitative estimate of drug-likeness (QED) is 0.774. The number of rotatable bonds is 4. The minimum Gasteiger partial charge on any atom is -0.466 e. The lowest BCUT2D eigenvalue weighted by Crippen LogP contribution is -2.41. The Balaban J connectivity index is 0.00000220. The molecule has 6 heteroatoms. The van der Waals surface area contributed by atoms with Gasteiger partial charge in [0, 0.05) is 18.0 Å². The van der Waals surface area contributed by atoms with Crippen molar-refractivity contribution in [3.8, 4) is 0 Å². The van der Waals surface area contributed by atoms with Crippen LogP contribution in [0.4, 0.5) is 0 Å². The SMILES string of the molecule is CCOC(=O)C1CCC(NC(=O)C2CCC(N)C2)CC1.Cl. The molecule has 0 aromatic carbocycles. The Morgan fingerprint density at radius 2 is 1.71 bits per heavy atom. The Morgan fingerprint density at radius 3 is 2.24 bits per heavy atom. The molecule has 2 atom stereocenters.